The van der Waals surface area contributed by atoms with E-state index in [1.165, 1.54) is 0 Å². The number of nitrogens with zero attached hydrogens (tertiary/aromatic N) is 2. The van der Waals surface area contributed by atoms with Gasteiger partial charge in [-0.3, -0.25) is 28.8 Å². The molecule has 9 fully saturated rings. The standard InChI is InChI=1S/2C19H21ClF3NO4.C13H15ClN2O2.C7H11F3O3.C5H7F3O3.C4H6N2O2.C3H5F3O.C3H3F3O.ClH/c2*1-12(19(21,22)23)27-7-14(25)6-17-9-18(10-17,11-17)24-16(26)8-28-15-4-2-13(20)3-5-15;14-9-1-3-10(4-2-9)18-5-11(17)16-13-6-12(15,7-13)8-13;1-3-12-6(11)4-13-5(2)7(8,9)10;1-3(5(6,7)8)11-2-4(9)10;1-2-8-4(7)3-6-5;2*1-2(7)3(4,5)6;/h2*2-5,12H,6-11H2,1H3,(H,24,26);1-4H,5-8,15H2,(H,16,17);5H,3-4H2,1-2H3;3H,2H2,1H3,(H,9,10);3H,2H2,1H3;2,7H,1H3;1H3;1H. The van der Waals surface area contributed by atoms with Crippen molar-refractivity contribution in [3.63, 3.8) is 0 Å². The van der Waals surface area contributed by atoms with Crippen molar-refractivity contribution in [1.82, 2.24) is 16.0 Å². The maximum Gasteiger partial charge on any atom is 0.449 e. The number of hydrogen-bond donors (Lipinski definition) is 6. The van der Waals surface area contributed by atoms with Gasteiger partial charge in [-0.1, -0.05) is 34.8 Å². The minimum atomic E-state index is -4.64. The van der Waals surface area contributed by atoms with E-state index in [4.69, 9.17) is 70.5 Å². The first-order valence-corrected chi connectivity index (χ1v) is 36.7. The van der Waals surface area contributed by atoms with E-state index >= 15 is 0 Å². The summed E-state index contributed by atoms with van der Waals surface area (Å²) in [5.74, 6) is -4.17. The number of hydrogen-bond acceptors (Lipinski definition) is 20. The van der Waals surface area contributed by atoms with Crippen molar-refractivity contribution in [3.8, 4) is 17.2 Å². The summed E-state index contributed by atoms with van der Waals surface area (Å²) in [4.78, 5) is 102. The predicted molar refractivity (Wildman–Crippen MR) is 394 cm³/mol. The van der Waals surface area contributed by atoms with E-state index in [0.717, 1.165) is 47.0 Å². The summed E-state index contributed by atoms with van der Waals surface area (Å²) < 4.78 is 252. The molecule has 3 aromatic rings. The zero-order valence-corrected chi connectivity index (χ0v) is 68.7. The van der Waals surface area contributed by atoms with Gasteiger partial charge >= 0.3 is 61.2 Å². The summed E-state index contributed by atoms with van der Waals surface area (Å²) in [6.45, 7) is 5.25. The molecule has 5 unspecified atom stereocenters. The van der Waals surface area contributed by atoms with Crippen molar-refractivity contribution in [1.29, 1.82) is 0 Å². The first-order chi connectivity index (χ1) is 54.9. The van der Waals surface area contributed by atoms with Crippen molar-refractivity contribution >= 4 is 106 Å². The van der Waals surface area contributed by atoms with Crippen molar-refractivity contribution in [2.45, 2.75) is 216 Å². The van der Waals surface area contributed by atoms with Crippen LogP contribution in [0.25, 0.3) is 5.53 Å². The van der Waals surface area contributed by atoms with E-state index in [0.29, 0.717) is 97.5 Å². The van der Waals surface area contributed by atoms with Crippen LogP contribution in [0.5, 0.6) is 17.2 Å². The van der Waals surface area contributed by atoms with Crippen molar-refractivity contribution in [2.24, 2.45) is 16.6 Å². The third-order valence-electron chi connectivity index (χ3n) is 17.6. The zero-order chi connectivity index (χ0) is 92.1. The van der Waals surface area contributed by atoms with E-state index in [2.05, 4.69) is 49.2 Å². The van der Waals surface area contributed by atoms with Crippen LogP contribution in [0.1, 0.15) is 126 Å². The van der Waals surface area contributed by atoms with Gasteiger partial charge in [-0.25, -0.2) is 14.4 Å². The molecule has 26 nitrogen and oxygen atoms in total. The van der Waals surface area contributed by atoms with Crippen LogP contribution >= 0.6 is 47.2 Å². The number of esters is 2. The first-order valence-electron chi connectivity index (χ1n) is 35.6. The molecule has 0 saturated heterocycles. The van der Waals surface area contributed by atoms with Gasteiger partial charge in [-0.05, 0) is 190 Å². The molecule has 3 amide bonds. The number of carbonyl (C=O) groups is 9. The second-order valence-corrected chi connectivity index (χ2v) is 29.9. The monoisotopic (exact) mass is 1850 g/mol. The van der Waals surface area contributed by atoms with Crippen LogP contribution in [0.15, 0.2) is 72.8 Å². The number of benzene rings is 3. The third-order valence-corrected chi connectivity index (χ3v) is 18.4. The lowest BCUT2D eigenvalue weighted by molar-refractivity contribution is -0.217. The molecule has 48 heteroatoms. The fourth-order valence-corrected chi connectivity index (χ4v) is 12.6. The molecule has 5 atom stereocenters. The highest BCUT2D eigenvalue weighted by Gasteiger charge is 2.70. The lowest BCUT2D eigenvalue weighted by atomic mass is 9.38. The fourth-order valence-electron chi connectivity index (χ4n) is 12.2. The molecule has 0 radical (unpaired) electrons. The van der Waals surface area contributed by atoms with Gasteiger partial charge in [0.15, 0.2) is 55.8 Å². The number of aliphatic hydroxyl groups is 1. The average Bonchev–Trinajstić information content (AvgIpc) is 0.700. The number of aliphatic carboxylic acids is 1. The molecule has 12 rings (SSSR count). The van der Waals surface area contributed by atoms with Crippen molar-refractivity contribution in [2.75, 3.05) is 59.5 Å². The molecule has 686 valence electrons. The number of ketones is 3. The number of carbonyl (C=O) groups excluding carboxylic acids is 8. The highest BCUT2D eigenvalue weighted by atomic mass is 35.5. The molecule has 9 saturated carbocycles. The lowest BCUT2D eigenvalue weighted by Gasteiger charge is -2.70. The molecule has 0 aromatic heterocycles. The Balaban J connectivity index is 0.000000731. The van der Waals surface area contributed by atoms with Gasteiger partial charge in [0.25, 0.3) is 17.7 Å². The lowest BCUT2D eigenvalue weighted by Crippen LogP contribution is -2.82. The quantitative estimate of drug-likeness (QED) is 0.0115. The third kappa shape index (κ3) is 41.3. The SMILES string of the molecule is CC(=O)C(F)(F)F.CC(O)C(F)(F)F.CC(OCC(=O)CC12CC(NC(=O)COc3ccc(Cl)cc3)(C1)C2)C(F)(F)F.CC(OCC(=O)CC12CC(NC(=O)COc3ccc(Cl)cc3)(C1)C2)C(F)(F)F.CC(OCC(=O)O)C(F)(F)F.CCOC(=O)C=[N+]=[N-].CCOC(=O)COC(C)C(F)(F)F.Cl.NC12CC(NC(=O)COc3ccc(Cl)cc3)(C1)C2. The molecule has 9 aliphatic carbocycles. The molecular weight excluding hydrogens is 1760 g/mol. The number of rotatable bonds is 31. The van der Waals surface area contributed by atoms with Crippen LogP contribution < -0.4 is 35.9 Å². The van der Waals surface area contributed by atoms with E-state index < -0.39 is 118 Å². The Kier molecular flexibility index (Phi) is 43.7. The Labute approximate surface area is 701 Å². The summed E-state index contributed by atoms with van der Waals surface area (Å²) in [6.07, 6.45) is -29.4. The number of aliphatic hydroxyl groups excluding tert-OH is 1. The predicted octanol–water partition coefficient (Wildman–Crippen LogP) is 13.7. The van der Waals surface area contributed by atoms with Gasteiger partial charge in [-0.2, -0.15) is 83.8 Å². The highest BCUT2D eigenvalue weighted by Crippen LogP contribution is 2.70. The van der Waals surface area contributed by atoms with Crippen LogP contribution in [-0.2, 0) is 71.6 Å². The Morgan fingerprint density at radius 2 is 0.719 bits per heavy atom. The number of Topliss-reactive ketones (excluding diaryl/α,β-unsaturated/α-hetero) is 3. The molecule has 9 aliphatic rings. The number of amides is 3. The van der Waals surface area contributed by atoms with Crippen LogP contribution in [0.2, 0.25) is 15.1 Å². The smallest absolute Gasteiger partial charge is 0.449 e. The Morgan fingerprint density at radius 3 is 0.942 bits per heavy atom. The minimum absolute atomic E-state index is 0. The molecule has 3 aromatic carbocycles. The Morgan fingerprint density at radius 1 is 0.463 bits per heavy atom. The topological polar surface area (TPSA) is 376 Å². The number of nitrogens with one attached hydrogen (secondary N) is 3. The van der Waals surface area contributed by atoms with Crippen LogP contribution in [0.3, 0.4) is 0 Å². The van der Waals surface area contributed by atoms with Gasteiger partial charge in [0.05, 0.1) is 13.2 Å². The summed E-state index contributed by atoms with van der Waals surface area (Å²) in [7, 11) is 0. The summed E-state index contributed by atoms with van der Waals surface area (Å²) in [6, 6.07) is 20.3. The largest absolute Gasteiger partial charge is 0.484 e. The molecule has 0 spiro atoms. The van der Waals surface area contributed by atoms with E-state index in [1.807, 2.05) is 0 Å². The number of carboxylic acids is 1. The molecule has 0 heterocycles. The number of ether oxygens (including phenoxy) is 9. The van der Waals surface area contributed by atoms with Gasteiger partial charge in [0.2, 0.25) is 5.78 Å². The summed E-state index contributed by atoms with van der Waals surface area (Å²) in [5, 5.41) is 26.3. The molecular formula is C73H90Cl4F18N6O20. The molecule has 121 heavy (non-hydrogen) atoms. The minimum Gasteiger partial charge on any atom is -0.484 e. The summed E-state index contributed by atoms with van der Waals surface area (Å²) >= 11 is 17.3. The van der Waals surface area contributed by atoms with Crippen LogP contribution in [-0.4, -0.2) is 223 Å². The van der Waals surface area contributed by atoms with E-state index in [9.17, 15) is 122 Å². The molecule has 6 bridgehead atoms. The van der Waals surface area contributed by atoms with E-state index in [-0.39, 0.29) is 114 Å². The second-order valence-electron chi connectivity index (χ2n) is 28.5. The number of alkyl halides is 18. The Hall–Kier alpha value is -8.07. The van der Waals surface area contributed by atoms with Gasteiger partial charge in [0.1, 0.15) is 49.8 Å². The molecule has 7 N–H and O–H groups in total. The zero-order valence-electron chi connectivity index (χ0n) is 65.6. The Bertz CT molecular complexity index is 3710. The van der Waals surface area contributed by atoms with E-state index in [1.54, 1.807) is 86.6 Å². The van der Waals surface area contributed by atoms with Gasteiger partial charge in [0, 0.05) is 57.0 Å². The van der Waals surface area contributed by atoms with Crippen molar-refractivity contribution in [3.05, 3.63) is 93.4 Å². The van der Waals surface area contributed by atoms with Crippen LogP contribution in [0, 0.1) is 10.8 Å². The van der Waals surface area contributed by atoms with Crippen molar-refractivity contribution < 1.29 is 180 Å². The number of halogens is 22. The van der Waals surface area contributed by atoms with Crippen LogP contribution in [0.4, 0.5) is 79.0 Å². The number of nitrogens with two attached hydrogens (primary N) is 1. The van der Waals surface area contributed by atoms with Gasteiger partial charge < -0.3 is 80.1 Å². The normalized spacial score (nSPS) is 22.0. The summed E-state index contributed by atoms with van der Waals surface area (Å²) in [5.41, 5.74) is 12.6. The first kappa shape index (κ1) is 111. The number of carboxylic acid groups (broad SMARTS) is 1. The highest BCUT2D eigenvalue weighted by molar-refractivity contribution is 6.31. The van der Waals surface area contributed by atoms with Gasteiger partial charge in [-0.15, -0.1) is 12.4 Å². The average molecular weight is 1860 g/mol. The fraction of sp³-hybridized carbons (Fsp3) is 0.616. The second kappa shape index (κ2) is 47.7. The maximum atomic E-state index is 12.4. The molecule has 0 aliphatic heterocycles. The maximum absolute atomic E-state index is 12.4.